The first kappa shape index (κ1) is 72.2. The third-order valence-electron chi connectivity index (χ3n) is 11.8. The number of esters is 3. The molecule has 0 fully saturated rings. The van der Waals surface area contributed by atoms with Crippen molar-refractivity contribution in [2.75, 3.05) is 13.2 Å². The summed E-state index contributed by atoms with van der Waals surface area (Å²) in [6, 6.07) is 0. The van der Waals surface area contributed by atoms with Gasteiger partial charge in [0, 0.05) is 19.3 Å². The Bertz CT molecular complexity index is 1900. The van der Waals surface area contributed by atoms with Crippen LogP contribution in [0.3, 0.4) is 0 Å². The lowest BCUT2D eigenvalue weighted by atomic mass is 10.1. The summed E-state index contributed by atoms with van der Waals surface area (Å²) in [5.41, 5.74) is 0. The number of hydrogen-bond acceptors (Lipinski definition) is 6. The Labute approximate surface area is 477 Å². The van der Waals surface area contributed by atoms with Crippen LogP contribution in [0.4, 0.5) is 0 Å². The highest BCUT2D eigenvalue weighted by molar-refractivity contribution is 5.71. The molecular weight excluding hydrogens is 961 g/mol. The van der Waals surface area contributed by atoms with Gasteiger partial charge in [-0.2, -0.15) is 0 Å². The van der Waals surface area contributed by atoms with Crippen LogP contribution in [0.15, 0.2) is 194 Å². The summed E-state index contributed by atoms with van der Waals surface area (Å²) in [6.07, 6.45) is 97.2. The van der Waals surface area contributed by atoms with E-state index >= 15 is 0 Å². The Balaban J connectivity index is 4.64. The van der Waals surface area contributed by atoms with E-state index in [2.05, 4.69) is 215 Å². The first-order valence-corrected chi connectivity index (χ1v) is 30.4. The molecule has 0 aromatic rings. The van der Waals surface area contributed by atoms with Crippen molar-refractivity contribution in [2.45, 2.75) is 226 Å². The second-order valence-corrected chi connectivity index (χ2v) is 19.1. The van der Waals surface area contributed by atoms with Crippen LogP contribution in [0, 0.1) is 0 Å². The molecule has 0 amide bonds. The van der Waals surface area contributed by atoms with Gasteiger partial charge < -0.3 is 14.2 Å². The smallest absolute Gasteiger partial charge is 0.306 e. The lowest BCUT2D eigenvalue weighted by Crippen LogP contribution is -2.30. The van der Waals surface area contributed by atoms with E-state index in [0.717, 1.165) is 148 Å². The standard InChI is InChI=1S/C72H108O6/c1-4-7-10-13-16-19-22-25-28-30-32-34-36-38-40-42-44-47-50-53-56-59-62-65-71(74)77-68-69(67-76-70(73)64-61-58-55-52-49-46-27-24-21-18-15-12-9-6-3)78-72(75)66-63-60-57-54-51-48-45-43-41-39-37-35-33-31-29-26-23-20-17-14-11-8-5-2/h7-8,10-11,15-20,24-29,32-35,38-41,44-45,47-48,53-54,56-57,69H,4-6,9,12-14,21-23,30-31,36-37,42-43,46,49-52,55,58-68H2,1-3H3/b10-7-,11-8-,18-15-,19-16-,20-17-,27-24-,28-25-,29-26-,34-32-,35-33-,40-38-,41-39-,47-44-,48-45-,56-53-,57-54-. The lowest BCUT2D eigenvalue weighted by molar-refractivity contribution is -0.167. The monoisotopic (exact) mass is 1070 g/mol. The van der Waals surface area contributed by atoms with Crippen molar-refractivity contribution in [1.29, 1.82) is 0 Å². The molecule has 0 aromatic carbocycles. The zero-order valence-electron chi connectivity index (χ0n) is 49.3. The summed E-state index contributed by atoms with van der Waals surface area (Å²) in [7, 11) is 0. The maximum atomic E-state index is 12.9. The molecular formula is C72H108O6. The number of carbonyl (C=O) groups is 3. The molecule has 6 heteroatoms. The maximum Gasteiger partial charge on any atom is 0.306 e. The molecule has 0 radical (unpaired) electrons. The average Bonchev–Trinajstić information content (AvgIpc) is 3.44. The van der Waals surface area contributed by atoms with Crippen LogP contribution in [0.25, 0.3) is 0 Å². The summed E-state index contributed by atoms with van der Waals surface area (Å²) in [4.78, 5) is 38.2. The van der Waals surface area contributed by atoms with Crippen LogP contribution < -0.4 is 0 Å². The van der Waals surface area contributed by atoms with Crippen molar-refractivity contribution in [3.8, 4) is 0 Å². The van der Waals surface area contributed by atoms with Crippen molar-refractivity contribution >= 4 is 17.9 Å². The highest BCUT2D eigenvalue weighted by atomic mass is 16.6. The summed E-state index contributed by atoms with van der Waals surface area (Å²) >= 11 is 0. The van der Waals surface area contributed by atoms with Gasteiger partial charge in [-0.3, -0.25) is 14.4 Å². The Hall–Kier alpha value is -5.75. The molecule has 0 spiro atoms. The molecule has 0 rings (SSSR count). The van der Waals surface area contributed by atoms with E-state index < -0.39 is 12.1 Å². The molecule has 0 saturated heterocycles. The van der Waals surface area contributed by atoms with Crippen LogP contribution in [-0.4, -0.2) is 37.2 Å². The van der Waals surface area contributed by atoms with Gasteiger partial charge in [0.15, 0.2) is 6.10 Å². The van der Waals surface area contributed by atoms with Crippen LogP contribution in [0.1, 0.15) is 220 Å². The van der Waals surface area contributed by atoms with Gasteiger partial charge >= 0.3 is 17.9 Å². The van der Waals surface area contributed by atoms with Gasteiger partial charge in [0.25, 0.3) is 0 Å². The van der Waals surface area contributed by atoms with Gasteiger partial charge in [-0.25, -0.2) is 0 Å². The largest absolute Gasteiger partial charge is 0.462 e. The third kappa shape index (κ3) is 61.1. The SMILES string of the molecule is CC/C=C\C/C=C\C/C=C\C/C=C\C/C=C\C/C=C\C/C=C\CCCC(=O)OCC(COC(=O)CCCCCCC/C=C\C/C=C\CCCC)OC(=O)CCC/C=C\C/C=C\C/C=C\C/C=C\C/C=C\C/C=C\C/C=C\CC. The molecule has 0 N–H and O–H groups in total. The van der Waals surface area contributed by atoms with Crippen LogP contribution in [0.5, 0.6) is 0 Å². The minimum Gasteiger partial charge on any atom is -0.462 e. The quantitative estimate of drug-likeness (QED) is 0.0261. The van der Waals surface area contributed by atoms with Crippen LogP contribution in [-0.2, 0) is 28.6 Å². The average molecular weight is 1070 g/mol. The summed E-state index contributed by atoms with van der Waals surface area (Å²) < 4.78 is 16.8. The Kier molecular flexibility index (Phi) is 59.1. The van der Waals surface area contributed by atoms with Gasteiger partial charge in [0.1, 0.15) is 13.2 Å². The molecule has 0 saturated carbocycles. The number of hydrogen-bond donors (Lipinski definition) is 0. The fourth-order valence-corrected chi connectivity index (χ4v) is 7.32. The molecule has 0 aliphatic heterocycles. The molecule has 0 aliphatic rings. The Morgan fingerprint density at radius 3 is 0.833 bits per heavy atom. The van der Waals surface area contributed by atoms with Gasteiger partial charge in [0.05, 0.1) is 0 Å². The topological polar surface area (TPSA) is 78.9 Å². The van der Waals surface area contributed by atoms with Gasteiger partial charge in [-0.1, -0.05) is 247 Å². The van der Waals surface area contributed by atoms with Crippen LogP contribution >= 0.6 is 0 Å². The zero-order valence-corrected chi connectivity index (χ0v) is 49.3. The van der Waals surface area contributed by atoms with E-state index in [1.165, 1.54) is 19.3 Å². The van der Waals surface area contributed by atoms with Crippen molar-refractivity contribution in [2.24, 2.45) is 0 Å². The molecule has 78 heavy (non-hydrogen) atoms. The number of rotatable bonds is 52. The molecule has 6 nitrogen and oxygen atoms in total. The number of ether oxygens (including phenoxy) is 3. The molecule has 0 heterocycles. The molecule has 0 bridgehead atoms. The van der Waals surface area contributed by atoms with Crippen molar-refractivity contribution in [1.82, 2.24) is 0 Å². The highest BCUT2D eigenvalue weighted by Crippen LogP contribution is 2.11. The van der Waals surface area contributed by atoms with Crippen molar-refractivity contribution in [3.63, 3.8) is 0 Å². The fraction of sp³-hybridized carbons (Fsp3) is 0.514. The van der Waals surface area contributed by atoms with E-state index in [4.69, 9.17) is 14.2 Å². The van der Waals surface area contributed by atoms with E-state index in [0.29, 0.717) is 19.3 Å². The second-order valence-electron chi connectivity index (χ2n) is 19.1. The maximum absolute atomic E-state index is 12.9. The van der Waals surface area contributed by atoms with Gasteiger partial charge in [-0.05, 0) is 148 Å². The first-order valence-electron chi connectivity index (χ1n) is 30.4. The van der Waals surface area contributed by atoms with Crippen LogP contribution in [0.2, 0.25) is 0 Å². The minimum atomic E-state index is -0.852. The Morgan fingerprint density at radius 1 is 0.269 bits per heavy atom. The minimum absolute atomic E-state index is 0.138. The normalized spacial score (nSPS) is 13.5. The van der Waals surface area contributed by atoms with Gasteiger partial charge in [0.2, 0.25) is 0 Å². The molecule has 432 valence electrons. The molecule has 1 atom stereocenters. The number of unbranched alkanes of at least 4 members (excludes halogenated alkanes) is 9. The molecule has 1 unspecified atom stereocenters. The van der Waals surface area contributed by atoms with Crippen molar-refractivity contribution < 1.29 is 28.6 Å². The second kappa shape index (κ2) is 63.8. The molecule has 0 aliphatic carbocycles. The van der Waals surface area contributed by atoms with E-state index in [-0.39, 0.29) is 38.0 Å². The lowest BCUT2D eigenvalue weighted by Gasteiger charge is -2.18. The van der Waals surface area contributed by atoms with E-state index in [1.807, 2.05) is 0 Å². The van der Waals surface area contributed by atoms with Gasteiger partial charge in [-0.15, -0.1) is 0 Å². The summed E-state index contributed by atoms with van der Waals surface area (Å²) in [6.45, 7) is 6.24. The van der Waals surface area contributed by atoms with E-state index in [9.17, 15) is 14.4 Å². The fourth-order valence-electron chi connectivity index (χ4n) is 7.32. The zero-order chi connectivity index (χ0) is 56.4. The van der Waals surface area contributed by atoms with E-state index in [1.54, 1.807) is 0 Å². The predicted molar refractivity (Wildman–Crippen MR) is 338 cm³/mol. The Morgan fingerprint density at radius 2 is 0.513 bits per heavy atom. The first-order chi connectivity index (χ1) is 38.5. The predicted octanol–water partition coefficient (Wildman–Crippen LogP) is 21.0. The number of carbonyl (C=O) groups excluding carboxylic acids is 3. The summed E-state index contributed by atoms with van der Waals surface area (Å²) in [5.74, 6) is -1.09. The molecule has 0 aromatic heterocycles. The third-order valence-corrected chi connectivity index (χ3v) is 11.8. The highest BCUT2D eigenvalue weighted by Gasteiger charge is 2.19. The summed E-state index contributed by atoms with van der Waals surface area (Å²) in [5, 5.41) is 0. The number of allylic oxidation sites excluding steroid dienone is 32. The van der Waals surface area contributed by atoms with Crippen molar-refractivity contribution in [3.05, 3.63) is 194 Å².